The third kappa shape index (κ3) is 7.14. The second-order valence-electron chi connectivity index (χ2n) is 9.52. The molecule has 1 N–H and O–H groups in total. The normalized spacial score (nSPS) is 13.8. The summed E-state index contributed by atoms with van der Waals surface area (Å²) in [5.74, 6) is 2.05. The smallest absolute Gasteiger partial charge is 0.251 e. The minimum Gasteiger partial charge on any atom is -0.368 e. The molecule has 8 heteroatoms. The molecule has 6 nitrogen and oxygen atoms in total. The van der Waals surface area contributed by atoms with Gasteiger partial charge in [0, 0.05) is 55.8 Å². The fourth-order valence-corrected chi connectivity index (χ4v) is 5.26. The number of amides is 1. The van der Waals surface area contributed by atoms with Gasteiger partial charge in [0.25, 0.3) is 5.91 Å². The number of anilines is 2. The second-order valence-corrected chi connectivity index (χ2v) is 10.8. The molecule has 0 spiro atoms. The Morgan fingerprint density at radius 3 is 2.53 bits per heavy atom. The molecule has 0 radical (unpaired) electrons. The zero-order chi connectivity index (χ0) is 25.5. The summed E-state index contributed by atoms with van der Waals surface area (Å²) in [6.07, 6.45) is 0.969. The summed E-state index contributed by atoms with van der Waals surface area (Å²) >= 11 is 7.91. The number of carbonyl (C=O) groups is 1. The standard InChI is InChI=1S/C28H34ClN5OS/c1-20(2)11-12-30-27(35)23-9-6-8-22(17-23)19-36-28-31-25(29)18-26(32-28)34-15-13-33(14-16-34)24-10-5-4-7-21(24)3/h4-10,17-18,20H,11-16,19H2,1-3H3,(H,30,35). The van der Waals surface area contributed by atoms with Crippen molar-refractivity contribution in [3.05, 3.63) is 76.4 Å². The molecule has 36 heavy (non-hydrogen) atoms. The van der Waals surface area contributed by atoms with Crippen molar-refractivity contribution >= 4 is 40.8 Å². The highest BCUT2D eigenvalue weighted by molar-refractivity contribution is 7.98. The van der Waals surface area contributed by atoms with E-state index in [1.54, 1.807) is 0 Å². The highest BCUT2D eigenvalue weighted by Crippen LogP contribution is 2.27. The minimum absolute atomic E-state index is 0.0337. The van der Waals surface area contributed by atoms with Crippen molar-refractivity contribution in [2.45, 2.75) is 38.1 Å². The molecular weight excluding hydrogens is 490 g/mol. The van der Waals surface area contributed by atoms with Crippen LogP contribution in [0.3, 0.4) is 0 Å². The van der Waals surface area contributed by atoms with Crippen molar-refractivity contribution in [1.29, 1.82) is 0 Å². The van der Waals surface area contributed by atoms with E-state index in [-0.39, 0.29) is 5.91 Å². The van der Waals surface area contributed by atoms with Crippen molar-refractivity contribution in [1.82, 2.24) is 15.3 Å². The van der Waals surface area contributed by atoms with E-state index in [2.05, 4.69) is 65.1 Å². The van der Waals surface area contributed by atoms with Crippen molar-refractivity contribution in [2.75, 3.05) is 42.5 Å². The molecular formula is C28H34ClN5OS. The first kappa shape index (κ1) is 26.3. The monoisotopic (exact) mass is 523 g/mol. The summed E-state index contributed by atoms with van der Waals surface area (Å²) in [5.41, 5.74) is 4.32. The van der Waals surface area contributed by atoms with Gasteiger partial charge >= 0.3 is 0 Å². The van der Waals surface area contributed by atoms with Crippen molar-refractivity contribution in [2.24, 2.45) is 5.92 Å². The van der Waals surface area contributed by atoms with Crippen LogP contribution in [0.1, 0.15) is 41.8 Å². The average Bonchev–Trinajstić information content (AvgIpc) is 2.87. The molecule has 0 aliphatic carbocycles. The van der Waals surface area contributed by atoms with Crippen LogP contribution in [0.5, 0.6) is 0 Å². The van der Waals surface area contributed by atoms with Gasteiger partial charge in [0.05, 0.1) is 0 Å². The fourth-order valence-electron chi connectivity index (χ4n) is 4.23. The van der Waals surface area contributed by atoms with E-state index in [1.807, 2.05) is 30.3 Å². The van der Waals surface area contributed by atoms with E-state index in [1.165, 1.54) is 23.0 Å². The highest BCUT2D eigenvalue weighted by Gasteiger charge is 2.20. The molecule has 1 fully saturated rings. The van der Waals surface area contributed by atoms with Crippen molar-refractivity contribution in [3.63, 3.8) is 0 Å². The maximum Gasteiger partial charge on any atom is 0.251 e. The maximum absolute atomic E-state index is 12.5. The quantitative estimate of drug-likeness (QED) is 0.216. The first-order valence-corrected chi connectivity index (χ1v) is 13.9. The van der Waals surface area contributed by atoms with Crippen LogP contribution in [-0.4, -0.2) is 48.6 Å². The lowest BCUT2D eigenvalue weighted by atomic mass is 10.1. The zero-order valence-corrected chi connectivity index (χ0v) is 22.8. The summed E-state index contributed by atoms with van der Waals surface area (Å²) in [5, 5.41) is 4.09. The molecule has 1 aliphatic heterocycles. The molecule has 1 saturated heterocycles. The van der Waals surface area contributed by atoms with Gasteiger partial charge in [-0.2, -0.15) is 0 Å². The number of hydrogen-bond donors (Lipinski definition) is 1. The molecule has 2 heterocycles. The number of halogens is 1. The van der Waals surface area contributed by atoms with Gasteiger partial charge in [-0.1, -0.05) is 67.5 Å². The van der Waals surface area contributed by atoms with Crippen LogP contribution < -0.4 is 15.1 Å². The first-order chi connectivity index (χ1) is 17.4. The summed E-state index contributed by atoms with van der Waals surface area (Å²) in [6, 6.07) is 18.1. The molecule has 3 aromatic rings. The van der Waals surface area contributed by atoms with Crippen LogP contribution >= 0.6 is 23.4 Å². The van der Waals surface area contributed by atoms with Gasteiger partial charge in [-0.15, -0.1) is 0 Å². The number of carbonyl (C=O) groups excluding carboxylic acids is 1. The van der Waals surface area contributed by atoms with E-state index in [0.717, 1.165) is 44.0 Å². The van der Waals surface area contributed by atoms with Crippen LogP contribution in [0, 0.1) is 12.8 Å². The number of hydrogen-bond acceptors (Lipinski definition) is 6. The fraction of sp³-hybridized carbons (Fsp3) is 0.393. The molecule has 2 aromatic carbocycles. The second kappa shape index (κ2) is 12.5. The van der Waals surface area contributed by atoms with Gasteiger partial charge < -0.3 is 15.1 Å². The lowest BCUT2D eigenvalue weighted by Gasteiger charge is -2.37. The van der Waals surface area contributed by atoms with E-state index < -0.39 is 0 Å². The number of rotatable bonds is 9. The number of nitrogens with zero attached hydrogens (tertiary/aromatic N) is 4. The summed E-state index contributed by atoms with van der Waals surface area (Å²) in [7, 11) is 0. The van der Waals surface area contributed by atoms with E-state index >= 15 is 0 Å². The third-order valence-corrected chi connectivity index (χ3v) is 7.40. The van der Waals surface area contributed by atoms with Crippen LogP contribution in [0.2, 0.25) is 5.15 Å². The molecule has 0 unspecified atom stereocenters. The first-order valence-electron chi connectivity index (χ1n) is 12.5. The largest absolute Gasteiger partial charge is 0.368 e. The van der Waals surface area contributed by atoms with Gasteiger partial charge in [-0.3, -0.25) is 4.79 Å². The molecule has 1 amide bonds. The number of nitrogens with one attached hydrogen (secondary N) is 1. The number of thioether (sulfide) groups is 1. The third-order valence-electron chi connectivity index (χ3n) is 6.29. The van der Waals surface area contributed by atoms with Crippen LogP contribution in [-0.2, 0) is 5.75 Å². The van der Waals surface area contributed by atoms with Gasteiger partial charge in [-0.25, -0.2) is 9.97 Å². The Balaban J connectivity index is 1.35. The van der Waals surface area contributed by atoms with E-state index in [0.29, 0.717) is 34.1 Å². The Hall–Kier alpha value is -2.77. The molecule has 0 atom stereocenters. The number of para-hydroxylation sites is 1. The Labute approximate surface area is 223 Å². The van der Waals surface area contributed by atoms with Crippen LogP contribution in [0.25, 0.3) is 0 Å². The van der Waals surface area contributed by atoms with E-state index in [9.17, 15) is 4.79 Å². The molecule has 4 rings (SSSR count). The molecule has 1 aliphatic rings. The number of benzene rings is 2. The maximum atomic E-state index is 12.5. The Bertz CT molecular complexity index is 1180. The molecule has 1 aromatic heterocycles. The molecule has 0 bridgehead atoms. The van der Waals surface area contributed by atoms with Gasteiger partial charge in [0.2, 0.25) is 0 Å². The SMILES string of the molecule is Cc1ccccc1N1CCN(c2cc(Cl)nc(SCc3cccc(C(=O)NCCC(C)C)c3)n2)CC1. The Kier molecular flexibility index (Phi) is 9.10. The van der Waals surface area contributed by atoms with E-state index in [4.69, 9.17) is 16.6 Å². The number of aromatic nitrogens is 2. The summed E-state index contributed by atoms with van der Waals surface area (Å²) < 4.78 is 0. The number of piperazine rings is 1. The number of aryl methyl sites for hydroxylation is 1. The molecule has 0 saturated carbocycles. The summed E-state index contributed by atoms with van der Waals surface area (Å²) in [4.78, 5) is 26.4. The van der Waals surface area contributed by atoms with Gasteiger partial charge in [-0.05, 0) is 48.6 Å². The average molecular weight is 524 g/mol. The topological polar surface area (TPSA) is 61.4 Å². The molecule has 190 valence electrons. The highest BCUT2D eigenvalue weighted by atomic mass is 35.5. The predicted molar refractivity (Wildman–Crippen MR) is 150 cm³/mol. The van der Waals surface area contributed by atoms with Crippen molar-refractivity contribution < 1.29 is 4.79 Å². The zero-order valence-electron chi connectivity index (χ0n) is 21.2. The lowest BCUT2D eigenvalue weighted by molar-refractivity contribution is 0.0952. The lowest BCUT2D eigenvalue weighted by Crippen LogP contribution is -2.47. The predicted octanol–water partition coefficient (Wildman–Crippen LogP) is 5.83. The van der Waals surface area contributed by atoms with Crippen LogP contribution in [0.4, 0.5) is 11.5 Å². The minimum atomic E-state index is -0.0337. The Morgan fingerprint density at radius 1 is 1.03 bits per heavy atom. The summed E-state index contributed by atoms with van der Waals surface area (Å²) in [6.45, 7) is 10.8. The van der Waals surface area contributed by atoms with Gasteiger partial charge in [0.1, 0.15) is 11.0 Å². The van der Waals surface area contributed by atoms with Crippen LogP contribution in [0.15, 0.2) is 59.8 Å². The van der Waals surface area contributed by atoms with Gasteiger partial charge in [0.15, 0.2) is 5.16 Å². The van der Waals surface area contributed by atoms with Crippen molar-refractivity contribution in [3.8, 4) is 0 Å². The Morgan fingerprint density at radius 2 is 1.78 bits per heavy atom.